The zero-order valence-electron chi connectivity index (χ0n) is 21.0. The number of ether oxygens (including phenoxy) is 4. The van der Waals surface area contributed by atoms with Gasteiger partial charge in [0.25, 0.3) is 5.91 Å². The maximum atomic E-state index is 14.0. The van der Waals surface area contributed by atoms with Crippen molar-refractivity contribution in [3.63, 3.8) is 0 Å². The number of nitrogens with zero attached hydrogens (tertiary/aromatic N) is 2. The number of benzene rings is 3. The average molecular weight is 505 g/mol. The number of imide groups is 1. The van der Waals surface area contributed by atoms with Crippen LogP contribution < -0.4 is 28.9 Å². The van der Waals surface area contributed by atoms with Gasteiger partial charge in [0.05, 0.1) is 39.3 Å². The minimum Gasteiger partial charge on any atom is -0.493 e. The quantitative estimate of drug-likeness (QED) is 0.423. The third-order valence-electron chi connectivity index (χ3n) is 6.59. The second-order valence-corrected chi connectivity index (χ2v) is 8.49. The molecule has 2 fully saturated rings. The maximum absolute atomic E-state index is 14.0. The lowest BCUT2D eigenvalue weighted by Gasteiger charge is -2.30. The van der Waals surface area contributed by atoms with Gasteiger partial charge in [-0.15, -0.1) is 0 Å². The van der Waals surface area contributed by atoms with Crippen LogP contribution in [0.1, 0.15) is 18.5 Å². The summed E-state index contributed by atoms with van der Waals surface area (Å²) in [6.45, 7) is 2.24. The Hall–Kier alpha value is -4.24. The summed E-state index contributed by atoms with van der Waals surface area (Å²) in [7, 11) is 4.58. The van der Waals surface area contributed by atoms with Gasteiger partial charge >= 0.3 is 0 Å². The van der Waals surface area contributed by atoms with Gasteiger partial charge in [-0.3, -0.25) is 14.4 Å². The van der Waals surface area contributed by atoms with E-state index in [2.05, 4.69) is 0 Å². The van der Waals surface area contributed by atoms with Gasteiger partial charge < -0.3 is 18.9 Å². The molecule has 5 rings (SSSR count). The van der Waals surface area contributed by atoms with Gasteiger partial charge in [0, 0.05) is 5.56 Å². The second-order valence-electron chi connectivity index (χ2n) is 8.49. The van der Waals surface area contributed by atoms with E-state index in [0.29, 0.717) is 46.5 Å². The molecule has 0 N–H and O–H groups in total. The van der Waals surface area contributed by atoms with Crippen molar-refractivity contribution in [3.05, 3.63) is 72.3 Å². The Bertz CT molecular complexity index is 1310. The minimum absolute atomic E-state index is 0.384. The molecule has 2 heterocycles. The van der Waals surface area contributed by atoms with Crippen molar-refractivity contribution < 1.29 is 33.4 Å². The first-order valence-corrected chi connectivity index (χ1v) is 11.9. The summed E-state index contributed by atoms with van der Waals surface area (Å²) >= 11 is 0. The van der Waals surface area contributed by atoms with Gasteiger partial charge in [0.15, 0.2) is 17.6 Å². The fraction of sp³-hybridized carbons (Fsp3) is 0.286. The molecule has 3 aromatic rings. The van der Waals surface area contributed by atoms with Crippen LogP contribution in [-0.2, 0) is 14.4 Å². The molecule has 2 saturated heterocycles. The molecule has 37 heavy (non-hydrogen) atoms. The summed E-state index contributed by atoms with van der Waals surface area (Å²) < 4.78 is 22.5. The highest BCUT2D eigenvalue weighted by Crippen LogP contribution is 2.53. The summed E-state index contributed by atoms with van der Waals surface area (Å²) in [5, 5.41) is 1.61. The lowest BCUT2D eigenvalue weighted by atomic mass is 9.89. The Kier molecular flexibility index (Phi) is 6.62. The van der Waals surface area contributed by atoms with Crippen LogP contribution in [0.5, 0.6) is 23.0 Å². The van der Waals surface area contributed by atoms with Crippen molar-refractivity contribution in [1.82, 2.24) is 0 Å². The van der Waals surface area contributed by atoms with E-state index in [4.69, 9.17) is 23.8 Å². The van der Waals surface area contributed by atoms with Crippen LogP contribution in [0.15, 0.2) is 66.7 Å². The third kappa shape index (κ3) is 3.92. The van der Waals surface area contributed by atoms with Crippen LogP contribution >= 0.6 is 0 Å². The van der Waals surface area contributed by atoms with Gasteiger partial charge in [0.1, 0.15) is 17.7 Å². The highest BCUT2D eigenvalue weighted by molar-refractivity contribution is 6.24. The average Bonchev–Trinajstić information content (AvgIpc) is 3.44. The minimum atomic E-state index is -1.04. The molecule has 0 spiro atoms. The van der Waals surface area contributed by atoms with Crippen LogP contribution in [-0.4, -0.2) is 45.9 Å². The van der Waals surface area contributed by atoms with E-state index in [-0.39, 0.29) is 5.91 Å². The van der Waals surface area contributed by atoms with Crippen LogP contribution in [0.25, 0.3) is 0 Å². The van der Waals surface area contributed by atoms with Crippen LogP contribution in [0.4, 0.5) is 11.4 Å². The number of hydrogen-bond acceptors (Lipinski definition) is 8. The molecule has 0 radical (unpaired) electrons. The van der Waals surface area contributed by atoms with Crippen molar-refractivity contribution in [3.8, 4) is 23.0 Å². The van der Waals surface area contributed by atoms with Gasteiger partial charge in [-0.2, -0.15) is 0 Å². The summed E-state index contributed by atoms with van der Waals surface area (Å²) in [5.74, 6) is 0.0133. The Morgan fingerprint density at radius 1 is 0.784 bits per heavy atom. The van der Waals surface area contributed by atoms with E-state index in [1.165, 1.54) is 26.2 Å². The lowest BCUT2D eigenvalue weighted by molar-refractivity contribution is -0.126. The largest absolute Gasteiger partial charge is 0.493 e. The molecule has 0 aliphatic carbocycles. The fourth-order valence-corrected chi connectivity index (χ4v) is 5.04. The number of carbonyl (C=O) groups is 2. The second kappa shape index (κ2) is 10.0. The highest BCUT2D eigenvalue weighted by Gasteiger charge is 2.61. The highest BCUT2D eigenvalue weighted by atomic mass is 16.7. The Morgan fingerprint density at radius 3 is 2.16 bits per heavy atom. The van der Waals surface area contributed by atoms with Crippen molar-refractivity contribution in [2.45, 2.75) is 19.1 Å². The van der Waals surface area contributed by atoms with Crippen molar-refractivity contribution in [2.75, 3.05) is 37.9 Å². The molecule has 3 aromatic carbocycles. The van der Waals surface area contributed by atoms with Crippen molar-refractivity contribution in [2.24, 2.45) is 5.92 Å². The number of amides is 2. The number of hydrogen-bond donors (Lipinski definition) is 0. The van der Waals surface area contributed by atoms with E-state index in [1.54, 1.807) is 41.5 Å². The normalized spacial score (nSPS) is 20.7. The van der Waals surface area contributed by atoms with Crippen LogP contribution in [0, 0.1) is 5.92 Å². The topological polar surface area (TPSA) is 86.8 Å². The molecule has 3 atom stereocenters. The van der Waals surface area contributed by atoms with E-state index in [1.807, 2.05) is 37.3 Å². The first-order valence-electron chi connectivity index (χ1n) is 11.9. The SMILES string of the molecule is CCOc1ccccc1N1C(=O)[C@H]2[C@H](ON(c3ccccc3)[C@H]2c2ccc(OC)c(OC)c2OC)C1=O. The van der Waals surface area contributed by atoms with Crippen molar-refractivity contribution in [1.29, 1.82) is 0 Å². The molecule has 0 bridgehead atoms. The molecule has 0 saturated carbocycles. The molecule has 2 aliphatic rings. The number of carbonyl (C=O) groups excluding carboxylic acids is 2. The molecule has 0 unspecified atom stereocenters. The molecule has 9 nitrogen and oxygen atoms in total. The molecule has 2 amide bonds. The number of fused-ring (bicyclic) bond motifs is 1. The number of rotatable bonds is 8. The zero-order chi connectivity index (χ0) is 26.1. The van der Waals surface area contributed by atoms with Gasteiger partial charge in [-0.25, -0.2) is 9.96 Å². The fourth-order valence-electron chi connectivity index (χ4n) is 5.04. The number of methoxy groups -OCH3 is 3. The van der Waals surface area contributed by atoms with Crippen LogP contribution in [0.3, 0.4) is 0 Å². The summed E-state index contributed by atoms with van der Waals surface area (Å²) in [6.07, 6.45) is -1.04. The standard InChI is InChI=1S/C28H28N2O7/c1-5-36-20-14-10-9-13-19(20)29-27(31)22-23(18-15-16-21(33-2)25(35-4)24(18)34-3)30(37-26(22)28(29)32)17-11-7-6-8-12-17/h6-16,22-23,26H,5H2,1-4H3/t22-,23+,26+/m1/s1. The molecular formula is C28H28N2O7. The summed E-state index contributed by atoms with van der Waals surface area (Å²) in [4.78, 5) is 35.2. The Balaban J connectivity index is 1.66. The van der Waals surface area contributed by atoms with E-state index < -0.39 is 24.0 Å². The first-order chi connectivity index (χ1) is 18.0. The number of anilines is 2. The predicted octanol–water partition coefficient (Wildman–Crippen LogP) is 4.16. The smallest absolute Gasteiger partial charge is 0.266 e. The molecule has 0 aromatic heterocycles. The van der Waals surface area contributed by atoms with Gasteiger partial charge in [0.2, 0.25) is 11.7 Å². The zero-order valence-corrected chi connectivity index (χ0v) is 21.0. The third-order valence-corrected chi connectivity index (χ3v) is 6.59. The van der Waals surface area contributed by atoms with E-state index in [0.717, 1.165) is 0 Å². The van der Waals surface area contributed by atoms with Gasteiger partial charge in [-0.05, 0) is 43.3 Å². The lowest BCUT2D eigenvalue weighted by Crippen LogP contribution is -2.37. The summed E-state index contributed by atoms with van der Waals surface area (Å²) in [5.41, 5.74) is 1.71. The Labute approximate surface area is 215 Å². The number of para-hydroxylation sites is 3. The Morgan fingerprint density at radius 2 is 1.49 bits per heavy atom. The molecular weight excluding hydrogens is 476 g/mol. The summed E-state index contributed by atoms with van der Waals surface area (Å²) in [6, 6.07) is 19.2. The molecule has 9 heteroatoms. The van der Waals surface area contributed by atoms with E-state index >= 15 is 0 Å². The first kappa shape index (κ1) is 24.5. The monoisotopic (exact) mass is 504 g/mol. The number of hydroxylamine groups is 1. The predicted molar refractivity (Wildman–Crippen MR) is 136 cm³/mol. The van der Waals surface area contributed by atoms with Crippen molar-refractivity contribution >= 4 is 23.2 Å². The molecule has 192 valence electrons. The maximum Gasteiger partial charge on any atom is 0.266 e. The molecule has 2 aliphatic heterocycles. The van der Waals surface area contributed by atoms with E-state index in [9.17, 15) is 9.59 Å². The van der Waals surface area contributed by atoms with Gasteiger partial charge in [-0.1, -0.05) is 30.3 Å². The van der Waals surface area contributed by atoms with Crippen LogP contribution in [0.2, 0.25) is 0 Å².